The van der Waals surface area contributed by atoms with E-state index in [9.17, 15) is 5.11 Å². The first-order chi connectivity index (χ1) is 8.66. The Morgan fingerprint density at radius 3 is 2.56 bits per heavy atom. The first-order valence-electron chi connectivity index (χ1n) is 6.25. The van der Waals surface area contributed by atoms with Crippen molar-refractivity contribution >= 4 is 5.82 Å². The van der Waals surface area contributed by atoms with E-state index in [4.69, 9.17) is 5.73 Å². The minimum absolute atomic E-state index is 0.169. The van der Waals surface area contributed by atoms with Crippen molar-refractivity contribution < 1.29 is 5.11 Å². The molecular weight excluding hydrogens is 226 g/mol. The monoisotopic (exact) mass is 243 g/mol. The standard InChI is InChI=1S/C14H17N3O/c1-9-13(10-7-12(18)8-10)16-17(14(9)15)11-5-3-2-4-6-11/h2-6,10,12,18H,7-8,15H2,1H3. The Morgan fingerprint density at radius 1 is 1.28 bits per heavy atom. The van der Waals surface area contributed by atoms with Crippen LogP contribution in [0, 0.1) is 6.92 Å². The smallest absolute Gasteiger partial charge is 0.130 e. The maximum atomic E-state index is 9.40. The van der Waals surface area contributed by atoms with Gasteiger partial charge in [0.25, 0.3) is 0 Å². The third-order valence-electron chi connectivity index (χ3n) is 3.70. The molecule has 1 aliphatic rings. The van der Waals surface area contributed by atoms with Crippen LogP contribution in [0.5, 0.6) is 0 Å². The summed E-state index contributed by atoms with van der Waals surface area (Å²) in [4.78, 5) is 0. The molecule has 1 aromatic carbocycles. The molecule has 1 aromatic heterocycles. The van der Waals surface area contributed by atoms with Crippen molar-refractivity contribution in [2.45, 2.75) is 31.8 Å². The number of benzene rings is 1. The van der Waals surface area contributed by atoms with Gasteiger partial charge in [0, 0.05) is 11.5 Å². The number of hydrogen-bond acceptors (Lipinski definition) is 3. The summed E-state index contributed by atoms with van der Waals surface area (Å²) in [6.45, 7) is 2.00. The van der Waals surface area contributed by atoms with Crippen LogP contribution < -0.4 is 5.73 Å². The molecule has 3 N–H and O–H groups in total. The highest BCUT2D eigenvalue weighted by Crippen LogP contribution is 2.39. The van der Waals surface area contributed by atoms with Gasteiger partial charge in [0.15, 0.2) is 0 Å². The molecule has 0 saturated heterocycles. The number of nitrogens with zero attached hydrogens (tertiary/aromatic N) is 2. The second-order valence-corrected chi connectivity index (χ2v) is 4.96. The van der Waals surface area contributed by atoms with Gasteiger partial charge in [0.1, 0.15) is 5.82 Å². The van der Waals surface area contributed by atoms with Gasteiger partial charge in [-0.05, 0) is 31.9 Å². The lowest BCUT2D eigenvalue weighted by molar-refractivity contribution is 0.0729. The van der Waals surface area contributed by atoms with Crippen molar-refractivity contribution in [3.63, 3.8) is 0 Å². The fraction of sp³-hybridized carbons (Fsp3) is 0.357. The number of anilines is 1. The van der Waals surface area contributed by atoms with Crippen molar-refractivity contribution in [1.29, 1.82) is 0 Å². The Hall–Kier alpha value is -1.81. The zero-order chi connectivity index (χ0) is 12.7. The number of hydrogen-bond donors (Lipinski definition) is 2. The van der Waals surface area contributed by atoms with Gasteiger partial charge in [-0.1, -0.05) is 18.2 Å². The van der Waals surface area contributed by atoms with Crippen LogP contribution in [0.4, 0.5) is 5.82 Å². The van der Waals surface area contributed by atoms with E-state index in [2.05, 4.69) is 5.10 Å². The lowest BCUT2D eigenvalue weighted by Gasteiger charge is -2.30. The van der Waals surface area contributed by atoms with Gasteiger partial charge in [-0.25, -0.2) is 4.68 Å². The number of para-hydroxylation sites is 1. The van der Waals surface area contributed by atoms with Gasteiger partial charge in [0.2, 0.25) is 0 Å². The number of nitrogen functional groups attached to an aromatic ring is 1. The summed E-state index contributed by atoms with van der Waals surface area (Å²) < 4.78 is 1.79. The molecule has 0 amide bonds. The zero-order valence-electron chi connectivity index (χ0n) is 10.4. The molecule has 0 atom stereocenters. The molecule has 0 aliphatic heterocycles. The van der Waals surface area contributed by atoms with Crippen LogP contribution in [-0.2, 0) is 0 Å². The van der Waals surface area contributed by atoms with E-state index < -0.39 is 0 Å². The fourth-order valence-corrected chi connectivity index (χ4v) is 2.49. The second-order valence-electron chi connectivity index (χ2n) is 4.96. The number of aliphatic hydroxyl groups excluding tert-OH is 1. The number of aromatic nitrogens is 2. The van der Waals surface area contributed by atoms with Crippen LogP contribution in [-0.4, -0.2) is 21.0 Å². The van der Waals surface area contributed by atoms with Crippen LogP contribution in [0.1, 0.15) is 30.0 Å². The van der Waals surface area contributed by atoms with Gasteiger partial charge < -0.3 is 10.8 Å². The van der Waals surface area contributed by atoms with Crippen LogP contribution in [0.15, 0.2) is 30.3 Å². The topological polar surface area (TPSA) is 64.1 Å². The minimum Gasteiger partial charge on any atom is -0.393 e. The molecule has 1 aliphatic carbocycles. The third-order valence-corrected chi connectivity index (χ3v) is 3.70. The number of aliphatic hydroxyl groups is 1. The SMILES string of the molecule is Cc1c(C2CC(O)C2)nn(-c2ccccc2)c1N. The van der Waals surface area contributed by atoms with E-state index >= 15 is 0 Å². The third kappa shape index (κ3) is 1.69. The fourth-order valence-electron chi connectivity index (χ4n) is 2.49. The van der Waals surface area contributed by atoms with E-state index in [1.165, 1.54) is 0 Å². The number of rotatable bonds is 2. The quantitative estimate of drug-likeness (QED) is 0.848. The molecule has 4 nitrogen and oxygen atoms in total. The van der Waals surface area contributed by atoms with Gasteiger partial charge in [-0.3, -0.25) is 0 Å². The molecule has 0 bridgehead atoms. The average Bonchev–Trinajstić information content (AvgIpc) is 2.64. The first-order valence-corrected chi connectivity index (χ1v) is 6.25. The zero-order valence-corrected chi connectivity index (χ0v) is 10.4. The average molecular weight is 243 g/mol. The Kier molecular flexibility index (Phi) is 2.59. The van der Waals surface area contributed by atoms with Crippen molar-refractivity contribution in [2.75, 3.05) is 5.73 Å². The summed E-state index contributed by atoms with van der Waals surface area (Å²) in [5.41, 5.74) is 9.17. The molecule has 1 heterocycles. The van der Waals surface area contributed by atoms with Crippen LogP contribution in [0.25, 0.3) is 5.69 Å². The Bertz CT molecular complexity index is 556. The predicted octanol–water partition coefficient (Wildman–Crippen LogP) is 2.00. The van der Waals surface area contributed by atoms with Gasteiger partial charge >= 0.3 is 0 Å². The van der Waals surface area contributed by atoms with Crippen molar-refractivity contribution in [3.05, 3.63) is 41.6 Å². The van der Waals surface area contributed by atoms with Crippen LogP contribution in [0.2, 0.25) is 0 Å². The molecule has 0 radical (unpaired) electrons. The van der Waals surface area contributed by atoms with Crippen molar-refractivity contribution in [1.82, 2.24) is 9.78 Å². The van der Waals surface area contributed by atoms with Crippen molar-refractivity contribution in [2.24, 2.45) is 0 Å². The highest BCUT2D eigenvalue weighted by atomic mass is 16.3. The summed E-state index contributed by atoms with van der Waals surface area (Å²) in [7, 11) is 0. The second kappa shape index (κ2) is 4.14. The maximum absolute atomic E-state index is 9.40. The molecule has 0 unspecified atom stereocenters. The first kappa shape index (κ1) is 11.3. The number of nitrogens with two attached hydrogens (primary N) is 1. The largest absolute Gasteiger partial charge is 0.393 e. The Morgan fingerprint density at radius 2 is 1.94 bits per heavy atom. The molecule has 18 heavy (non-hydrogen) atoms. The molecule has 4 heteroatoms. The van der Waals surface area contributed by atoms with E-state index in [0.29, 0.717) is 11.7 Å². The normalized spacial score (nSPS) is 22.8. The molecular formula is C14H17N3O. The van der Waals surface area contributed by atoms with Crippen molar-refractivity contribution in [3.8, 4) is 5.69 Å². The molecule has 94 valence electrons. The highest BCUT2D eigenvalue weighted by Gasteiger charge is 2.32. The van der Waals surface area contributed by atoms with Gasteiger partial charge in [-0.15, -0.1) is 0 Å². The molecule has 3 rings (SSSR count). The Balaban J connectivity index is 2.00. The lowest BCUT2D eigenvalue weighted by atomic mass is 9.79. The van der Waals surface area contributed by atoms with Crippen LogP contribution in [0.3, 0.4) is 0 Å². The summed E-state index contributed by atoms with van der Waals surface area (Å²) in [5.74, 6) is 1.05. The molecule has 1 fully saturated rings. The Labute approximate surface area is 106 Å². The maximum Gasteiger partial charge on any atom is 0.130 e. The summed E-state index contributed by atoms with van der Waals surface area (Å²) in [5, 5.41) is 14.0. The van der Waals surface area contributed by atoms with Gasteiger partial charge in [-0.2, -0.15) is 5.10 Å². The van der Waals surface area contributed by atoms with E-state index in [1.807, 2.05) is 37.3 Å². The van der Waals surface area contributed by atoms with E-state index in [1.54, 1.807) is 4.68 Å². The van der Waals surface area contributed by atoms with E-state index in [0.717, 1.165) is 29.8 Å². The van der Waals surface area contributed by atoms with E-state index in [-0.39, 0.29) is 6.10 Å². The van der Waals surface area contributed by atoms with Gasteiger partial charge in [0.05, 0.1) is 17.5 Å². The highest BCUT2D eigenvalue weighted by molar-refractivity contribution is 5.50. The van der Waals surface area contributed by atoms with Crippen LogP contribution >= 0.6 is 0 Å². The summed E-state index contributed by atoms with van der Waals surface area (Å²) in [6, 6.07) is 9.89. The molecule has 2 aromatic rings. The molecule has 1 saturated carbocycles. The lowest BCUT2D eigenvalue weighted by Crippen LogP contribution is -2.27. The summed E-state index contributed by atoms with van der Waals surface area (Å²) in [6.07, 6.45) is 1.43. The minimum atomic E-state index is -0.169. The molecule has 0 spiro atoms. The summed E-state index contributed by atoms with van der Waals surface area (Å²) >= 11 is 0. The predicted molar refractivity (Wildman–Crippen MR) is 70.7 cm³/mol.